The number of hydrogen-bond donors (Lipinski definition) is 0. The Morgan fingerprint density at radius 2 is 2.00 bits per heavy atom. The van der Waals surface area contributed by atoms with E-state index >= 15 is 0 Å². The number of hydrogen-bond acceptors (Lipinski definition) is 2. The van der Waals surface area contributed by atoms with Gasteiger partial charge in [0.2, 0.25) is 0 Å². The van der Waals surface area contributed by atoms with Crippen molar-refractivity contribution >= 4 is 5.78 Å². The van der Waals surface area contributed by atoms with Crippen LogP contribution in [-0.4, -0.2) is 18.0 Å². The quantitative estimate of drug-likeness (QED) is 0.587. The van der Waals surface area contributed by atoms with Crippen LogP contribution in [0.2, 0.25) is 0 Å². The van der Waals surface area contributed by atoms with Gasteiger partial charge in [-0.1, -0.05) is 30.3 Å². The van der Waals surface area contributed by atoms with Gasteiger partial charge in [-0.05, 0) is 31.6 Å². The van der Waals surface area contributed by atoms with Gasteiger partial charge in [-0.25, -0.2) is 0 Å². The first-order valence-corrected chi connectivity index (χ1v) is 6.56. The Kier molecular flexibility index (Phi) is 2.98. The molecule has 1 saturated heterocycles. The molecule has 0 N–H and O–H groups in total. The molecular weight excluding hydrogens is 212 g/mol. The number of carbonyl (C=O) groups is 1. The van der Waals surface area contributed by atoms with E-state index < -0.39 is 0 Å². The van der Waals surface area contributed by atoms with Crippen LogP contribution in [0.3, 0.4) is 0 Å². The molecular formula is C15H18O2. The van der Waals surface area contributed by atoms with Gasteiger partial charge in [0, 0.05) is 12.0 Å². The average Bonchev–Trinajstić information content (AvgIpc) is 3.15. The summed E-state index contributed by atoms with van der Waals surface area (Å²) >= 11 is 0. The molecule has 0 amide bonds. The summed E-state index contributed by atoms with van der Waals surface area (Å²) in [7, 11) is 0. The van der Waals surface area contributed by atoms with E-state index in [1.54, 1.807) is 0 Å². The highest BCUT2D eigenvalue weighted by Crippen LogP contribution is 2.40. The molecule has 1 aromatic rings. The first kappa shape index (κ1) is 11.0. The molecule has 90 valence electrons. The monoisotopic (exact) mass is 230 g/mol. The standard InChI is InChI=1S/C15H18O2/c16-13(12-4-2-1-3-5-12)8-6-11-7-9-14-15(10-11)17-14/h1-5,11,14-15H,6-10H2/t11-,14+,15-/m0/s1. The normalized spacial score (nSPS) is 30.7. The number of fused-ring (bicyclic) bond motifs is 1. The SMILES string of the molecule is O=C(CC[C@H]1CC[C@H]2O[C@H]2C1)c1ccccc1. The van der Waals surface area contributed by atoms with E-state index in [1.165, 1.54) is 19.3 Å². The van der Waals surface area contributed by atoms with Crippen molar-refractivity contribution in [3.05, 3.63) is 35.9 Å². The number of Topliss-reactive ketones (excluding diaryl/α,β-unsaturated/α-hetero) is 1. The molecule has 0 bridgehead atoms. The van der Waals surface area contributed by atoms with Crippen LogP contribution < -0.4 is 0 Å². The van der Waals surface area contributed by atoms with E-state index in [4.69, 9.17) is 4.74 Å². The zero-order valence-corrected chi connectivity index (χ0v) is 9.97. The topological polar surface area (TPSA) is 29.6 Å². The van der Waals surface area contributed by atoms with Crippen molar-refractivity contribution in [2.75, 3.05) is 0 Å². The third-order valence-corrected chi connectivity index (χ3v) is 3.99. The van der Waals surface area contributed by atoms with E-state index in [9.17, 15) is 4.79 Å². The molecule has 1 heterocycles. The Morgan fingerprint density at radius 1 is 1.18 bits per heavy atom. The Morgan fingerprint density at radius 3 is 2.76 bits per heavy atom. The minimum Gasteiger partial charge on any atom is -0.370 e. The van der Waals surface area contributed by atoms with Gasteiger partial charge in [-0.2, -0.15) is 0 Å². The summed E-state index contributed by atoms with van der Waals surface area (Å²) in [5, 5.41) is 0. The van der Waals surface area contributed by atoms with Crippen LogP contribution in [0.25, 0.3) is 0 Å². The second kappa shape index (κ2) is 4.61. The highest BCUT2D eigenvalue weighted by molar-refractivity contribution is 5.95. The minimum atomic E-state index is 0.282. The maximum Gasteiger partial charge on any atom is 0.162 e. The van der Waals surface area contributed by atoms with Crippen LogP contribution in [0.1, 0.15) is 42.5 Å². The smallest absolute Gasteiger partial charge is 0.162 e. The number of rotatable bonds is 4. The van der Waals surface area contributed by atoms with Gasteiger partial charge in [0.05, 0.1) is 12.2 Å². The predicted molar refractivity (Wildman–Crippen MR) is 66.0 cm³/mol. The highest BCUT2D eigenvalue weighted by Gasteiger charge is 2.43. The Hall–Kier alpha value is -1.15. The summed E-state index contributed by atoms with van der Waals surface area (Å²) in [6.07, 6.45) is 6.42. The van der Waals surface area contributed by atoms with Crippen LogP contribution in [0.5, 0.6) is 0 Å². The van der Waals surface area contributed by atoms with Gasteiger partial charge < -0.3 is 4.74 Å². The van der Waals surface area contributed by atoms with Crippen molar-refractivity contribution in [3.8, 4) is 0 Å². The second-order valence-corrected chi connectivity index (χ2v) is 5.22. The lowest BCUT2D eigenvalue weighted by Crippen LogP contribution is -2.14. The van der Waals surface area contributed by atoms with Crippen LogP contribution in [-0.2, 0) is 4.74 Å². The van der Waals surface area contributed by atoms with Crippen LogP contribution in [0.4, 0.5) is 0 Å². The zero-order valence-electron chi connectivity index (χ0n) is 9.97. The van der Waals surface area contributed by atoms with Gasteiger partial charge in [-0.15, -0.1) is 0 Å². The molecule has 0 unspecified atom stereocenters. The molecule has 1 aromatic carbocycles. The van der Waals surface area contributed by atoms with Gasteiger partial charge in [0.25, 0.3) is 0 Å². The predicted octanol–water partition coefficient (Wildman–Crippen LogP) is 3.22. The average molecular weight is 230 g/mol. The van der Waals surface area contributed by atoms with E-state index in [1.807, 2.05) is 30.3 Å². The van der Waals surface area contributed by atoms with Gasteiger partial charge in [0.15, 0.2) is 5.78 Å². The van der Waals surface area contributed by atoms with Crippen LogP contribution in [0.15, 0.2) is 30.3 Å². The fraction of sp³-hybridized carbons (Fsp3) is 0.533. The van der Waals surface area contributed by atoms with E-state index in [0.29, 0.717) is 24.5 Å². The lowest BCUT2D eigenvalue weighted by Gasteiger charge is -2.18. The summed E-state index contributed by atoms with van der Waals surface area (Å²) in [5.74, 6) is 0.982. The molecule has 0 spiro atoms. The molecule has 2 heteroatoms. The lowest BCUT2D eigenvalue weighted by molar-refractivity contribution is 0.0971. The summed E-state index contributed by atoms with van der Waals surface area (Å²) < 4.78 is 5.51. The first-order chi connectivity index (χ1) is 8.33. The molecule has 3 rings (SSSR count). The molecule has 0 radical (unpaired) electrons. The molecule has 2 fully saturated rings. The minimum absolute atomic E-state index is 0.282. The Bertz CT molecular complexity index is 399. The molecule has 1 saturated carbocycles. The van der Waals surface area contributed by atoms with Gasteiger partial charge in [0.1, 0.15) is 0 Å². The molecule has 17 heavy (non-hydrogen) atoms. The number of carbonyl (C=O) groups excluding carboxylic acids is 1. The van der Waals surface area contributed by atoms with Crippen molar-refractivity contribution in [1.82, 2.24) is 0 Å². The van der Waals surface area contributed by atoms with E-state index in [-0.39, 0.29) is 5.78 Å². The first-order valence-electron chi connectivity index (χ1n) is 6.56. The van der Waals surface area contributed by atoms with Crippen molar-refractivity contribution in [3.63, 3.8) is 0 Å². The zero-order chi connectivity index (χ0) is 11.7. The second-order valence-electron chi connectivity index (χ2n) is 5.22. The lowest BCUT2D eigenvalue weighted by atomic mass is 9.85. The molecule has 2 nitrogen and oxygen atoms in total. The summed E-state index contributed by atoms with van der Waals surface area (Å²) in [6, 6.07) is 9.61. The number of ether oxygens (including phenoxy) is 1. The summed E-state index contributed by atoms with van der Waals surface area (Å²) in [4.78, 5) is 11.9. The van der Waals surface area contributed by atoms with Gasteiger partial charge >= 0.3 is 0 Å². The summed E-state index contributed by atoms with van der Waals surface area (Å²) in [6.45, 7) is 0. The maximum atomic E-state index is 11.9. The van der Waals surface area contributed by atoms with E-state index in [0.717, 1.165) is 12.0 Å². The number of ketones is 1. The van der Waals surface area contributed by atoms with Crippen LogP contribution in [0, 0.1) is 5.92 Å². The highest BCUT2D eigenvalue weighted by atomic mass is 16.6. The third kappa shape index (κ3) is 2.58. The Balaban J connectivity index is 1.49. The maximum absolute atomic E-state index is 11.9. The van der Waals surface area contributed by atoms with Crippen molar-refractivity contribution < 1.29 is 9.53 Å². The largest absolute Gasteiger partial charge is 0.370 e. The van der Waals surface area contributed by atoms with Crippen LogP contribution >= 0.6 is 0 Å². The van der Waals surface area contributed by atoms with Crippen molar-refractivity contribution in [2.45, 2.75) is 44.3 Å². The Labute approximate surface area is 102 Å². The fourth-order valence-electron chi connectivity index (χ4n) is 2.85. The van der Waals surface area contributed by atoms with Gasteiger partial charge in [-0.3, -0.25) is 4.79 Å². The fourth-order valence-corrected chi connectivity index (χ4v) is 2.85. The van der Waals surface area contributed by atoms with E-state index in [2.05, 4.69) is 0 Å². The van der Waals surface area contributed by atoms with Crippen molar-refractivity contribution in [1.29, 1.82) is 0 Å². The number of epoxide rings is 1. The third-order valence-electron chi connectivity index (χ3n) is 3.99. The van der Waals surface area contributed by atoms with Crippen molar-refractivity contribution in [2.24, 2.45) is 5.92 Å². The number of benzene rings is 1. The molecule has 0 aromatic heterocycles. The molecule has 2 aliphatic rings. The summed E-state index contributed by atoms with van der Waals surface area (Å²) in [5.41, 5.74) is 0.851. The molecule has 1 aliphatic carbocycles. The molecule has 3 atom stereocenters. The molecule has 1 aliphatic heterocycles.